The number of nitrogens with two attached hydrogens (primary N) is 1. The fraction of sp³-hybridized carbons (Fsp3) is 1.00. The molecule has 3 unspecified atom stereocenters. The zero-order valence-corrected chi connectivity index (χ0v) is 24.6. The molecule has 6 atom stereocenters. The zero-order valence-electron chi connectivity index (χ0n) is 24.6. The molecule has 11 nitrogen and oxygen atoms in total. The highest BCUT2D eigenvalue weighted by Crippen LogP contribution is 2.23. The van der Waals surface area contributed by atoms with Gasteiger partial charge in [-0.3, -0.25) is 0 Å². The first-order chi connectivity index (χ1) is 19.1. The number of methoxy groups -OCH3 is 1. The van der Waals surface area contributed by atoms with E-state index in [1.807, 2.05) is 0 Å². The lowest BCUT2D eigenvalue weighted by Crippen LogP contribution is -2.64. The summed E-state index contributed by atoms with van der Waals surface area (Å²) >= 11 is 0. The van der Waals surface area contributed by atoms with Crippen molar-refractivity contribution in [3.63, 3.8) is 0 Å². The van der Waals surface area contributed by atoms with E-state index in [0.717, 1.165) is 6.42 Å². The molecule has 230 valence electrons. The predicted octanol–water partition coefficient (Wildman–Crippen LogP) is 4.19. The van der Waals surface area contributed by atoms with Gasteiger partial charge in [0, 0.05) is 31.7 Å². The molecule has 39 heavy (non-hydrogen) atoms. The summed E-state index contributed by atoms with van der Waals surface area (Å²) in [5.74, 6) is 0. The minimum atomic E-state index is -1.22. The van der Waals surface area contributed by atoms with Crippen molar-refractivity contribution in [2.45, 2.75) is 134 Å². The van der Waals surface area contributed by atoms with Crippen molar-refractivity contribution in [3.05, 3.63) is 10.4 Å². The van der Waals surface area contributed by atoms with Gasteiger partial charge in [0.05, 0.1) is 31.9 Å². The summed E-state index contributed by atoms with van der Waals surface area (Å²) in [6.45, 7) is 4.15. The normalized spacial score (nSPS) is 24.0. The van der Waals surface area contributed by atoms with Crippen molar-refractivity contribution >= 4 is 0 Å². The van der Waals surface area contributed by atoms with Gasteiger partial charge in [0.1, 0.15) is 18.3 Å². The SMILES string of the molecule is CCCCCCCCCCCCCCCCOCC(CO[C@@H]1OC(CN=[N+]=[N-])[C@@H](O)[C@H](O)C1NCCN)OC. The number of hydrogen-bond acceptors (Lipinski definition) is 9. The van der Waals surface area contributed by atoms with Gasteiger partial charge in [-0.05, 0) is 12.0 Å². The molecule has 0 saturated carbocycles. The van der Waals surface area contributed by atoms with Crippen LogP contribution in [0.5, 0.6) is 0 Å². The number of nitrogens with zero attached hydrogens (tertiary/aromatic N) is 3. The van der Waals surface area contributed by atoms with Crippen LogP contribution in [0.15, 0.2) is 5.11 Å². The summed E-state index contributed by atoms with van der Waals surface area (Å²) in [6, 6.07) is -0.695. The van der Waals surface area contributed by atoms with Gasteiger partial charge in [-0.25, -0.2) is 0 Å². The highest BCUT2D eigenvalue weighted by atomic mass is 16.7. The molecule has 11 heteroatoms. The van der Waals surface area contributed by atoms with Crippen molar-refractivity contribution in [3.8, 4) is 0 Å². The maximum atomic E-state index is 10.6. The molecule has 0 aliphatic carbocycles. The number of unbranched alkanes of at least 4 members (excludes halogenated alkanes) is 13. The lowest BCUT2D eigenvalue weighted by molar-refractivity contribution is -0.268. The van der Waals surface area contributed by atoms with Crippen LogP contribution in [0.2, 0.25) is 0 Å². The van der Waals surface area contributed by atoms with Crippen molar-refractivity contribution in [2.75, 3.05) is 46.6 Å². The molecule has 0 aromatic heterocycles. The Morgan fingerprint density at radius 2 is 1.51 bits per heavy atom. The van der Waals surface area contributed by atoms with E-state index in [1.54, 1.807) is 7.11 Å². The first kappa shape index (κ1) is 36.0. The van der Waals surface area contributed by atoms with Crippen LogP contribution in [0, 0.1) is 0 Å². The third-order valence-electron chi connectivity index (χ3n) is 7.28. The van der Waals surface area contributed by atoms with Crippen molar-refractivity contribution in [1.82, 2.24) is 5.32 Å². The molecule has 0 radical (unpaired) electrons. The van der Waals surface area contributed by atoms with E-state index in [2.05, 4.69) is 22.3 Å². The standard InChI is InChI=1S/C28H57N5O6/c1-3-4-5-6-7-8-9-10-11-12-13-14-15-16-19-37-21-23(36-2)22-38-28-25(31-18-17-29)27(35)26(34)24(39-28)20-32-33-30/h23-28,31,34-35H,3-22,29H2,1-2H3/t23?,24?,25?,26-,27-,28-/m1/s1. The average molecular weight is 560 g/mol. The lowest BCUT2D eigenvalue weighted by atomic mass is 9.96. The molecule has 0 aromatic rings. The number of aliphatic hydroxyl groups excluding tert-OH is 2. The smallest absolute Gasteiger partial charge is 0.175 e. The van der Waals surface area contributed by atoms with E-state index in [0.29, 0.717) is 26.3 Å². The molecule has 5 N–H and O–H groups in total. The van der Waals surface area contributed by atoms with Crippen LogP contribution in [0.4, 0.5) is 0 Å². The summed E-state index contributed by atoms with van der Waals surface area (Å²) in [7, 11) is 1.60. The van der Waals surface area contributed by atoms with E-state index in [9.17, 15) is 10.2 Å². The topological polar surface area (TPSA) is 164 Å². The van der Waals surface area contributed by atoms with Crippen molar-refractivity contribution < 1.29 is 29.2 Å². The van der Waals surface area contributed by atoms with Crippen LogP contribution >= 0.6 is 0 Å². The summed E-state index contributed by atoms with van der Waals surface area (Å²) in [4.78, 5) is 2.71. The number of hydrogen-bond donors (Lipinski definition) is 4. The monoisotopic (exact) mass is 559 g/mol. The Balaban J connectivity index is 2.17. The largest absolute Gasteiger partial charge is 0.388 e. The number of nitrogens with one attached hydrogen (secondary N) is 1. The van der Waals surface area contributed by atoms with Crippen molar-refractivity contribution in [2.24, 2.45) is 10.8 Å². The van der Waals surface area contributed by atoms with Gasteiger partial charge < -0.3 is 40.2 Å². The van der Waals surface area contributed by atoms with E-state index in [1.165, 1.54) is 83.5 Å². The minimum absolute atomic E-state index is 0.117. The molecule has 0 aromatic carbocycles. The second-order valence-electron chi connectivity index (χ2n) is 10.6. The van der Waals surface area contributed by atoms with Gasteiger partial charge in [-0.15, -0.1) is 0 Å². The summed E-state index contributed by atoms with van der Waals surface area (Å²) in [5, 5.41) is 27.5. The van der Waals surface area contributed by atoms with Gasteiger partial charge in [-0.1, -0.05) is 95.5 Å². The minimum Gasteiger partial charge on any atom is -0.388 e. The fourth-order valence-electron chi connectivity index (χ4n) is 4.81. The molecule has 1 aliphatic rings. The summed E-state index contributed by atoms with van der Waals surface area (Å²) in [5.41, 5.74) is 14.2. The van der Waals surface area contributed by atoms with Crippen LogP contribution in [-0.4, -0.2) is 93.5 Å². The molecule has 1 saturated heterocycles. The summed E-state index contributed by atoms with van der Waals surface area (Å²) < 4.78 is 23.0. The highest BCUT2D eigenvalue weighted by molar-refractivity contribution is 4.94. The van der Waals surface area contributed by atoms with Crippen LogP contribution in [0.3, 0.4) is 0 Å². The molecular formula is C28H57N5O6. The van der Waals surface area contributed by atoms with Gasteiger partial charge in [0.15, 0.2) is 6.29 Å². The van der Waals surface area contributed by atoms with E-state index in [4.69, 9.17) is 30.2 Å². The quantitative estimate of drug-likeness (QED) is 0.0530. The van der Waals surface area contributed by atoms with Gasteiger partial charge in [0.2, 0.25) is 0 Å². The van der Waals surface area contributed by atoms with Gasteiger partial charge in [-0.2, -0.15) is 0 Å². The zero-order chi connectivity index (χ0) is 28.6. The maximum Gasteiger partial charge on any atom is 0.175 e. The predicted molar refractivity (Wildman–Crippen MR) is 153 cm³/mol. The first-order valence-corrected chi connectivity index (χ1v) is 15.3. The first-order valence-electron chi connectivity index (χ1n) is 15.3. The van der Waals surface area contributed by atoms with Gasteiger partial charge >= 0.3 is 0 Å². The second-order valence-corrected chi connectivity index (χ2v) is 10.6. The number of ether oxygens (including phenoxy) is 4. The Kier molecular flexibility index (Phi) is 22.9. The van der Waals surface area contributed by atoms with Gasteiger partial charge in [0.25, 0.3) is 0 Å². The summed E-state index contributed by atoms with van der Waals surface area (Å²) in [6.07, 6.45) is 14.1. The number of aliphatic hydroxyl groups is 2. The van der Waals surface area contributed by atoms with E-state index in [-0.39, 0.29) is 19.3 Å². The third kappa shape index (κ3) is 16.8. The molecule has 0 spiro atoms. The van der Waals surface area contributed by atoms with E-state index < -0.39 is 30.6 Å². The third-order valence-corrected chi connectivity index (χ3v) is 7.28. The number of azide groups is 1. The molecule has 1 heterocycles. The molecule has 0 bridgehead atoms. The maximum absolute atomic E-state index is 10.6. The lowest BCUT2D eigenvalue weighted by Gasteiger charge is -2.43. The Labute approximate surface area is 236 Å². The Morgan fingerprint density at radius 1 is 0.923 bits per heavy atom. The van der Waals surface area contributed by atoms with Crippen LogP contribution in [-0.2, 0) is 18.9 Å². The molecule has 1 rings (SSSR count). The van der Waals surface area contributed by atoms with Crippen molar-refractivity contribution in [1.29, 1.82) is 0 Å². The Morgan fingerprint density at radius 3 is 2.05 bits per heavy atom. The van der Waals surface area contributed by atoms with Crippen LogP contribution in [0.25, 0.3) is 10.4 Å². The Bertz CT molecular complexity index is 613. The molecule has 1 fully saturated rings. The van der Waals surface area contributed by atoms with E-state index >= 15 is 0 Å². The second kappa shape index (κ2) is 24.8. The highest BCUT2D eigenvalue weighted by Gasteiger charge is 2.44. The fourth-order valence-corrected chi connectivity index (χ4v) is 4.81. The van der Waals surface area contributed by atoms with Crippen LogP contribution < -0.4 is 11.1 Å². The molecule has 1 aliphatic heterocycles. The molecular weight excluding hydrogens is 502 g/mol. The Hall–Kier alpha value is -1.01. The average Bonchev–Trinajstić information content (AvgIpc) is 2.95. The van der Waals surface area contributed by atoms with Crippen LogP contribution in [0.1, 0.15) is 96.8 Å². The number of rotatable bonds is 26. The molecule has 0 amide bonds.